The molecule has 0 atom stereocenters. The first-order valence-corrected chi connectivity index (χ1v) is 6.61. The highest BCUT2D eigenvalue weighted by molar-refractivity contribution is 7.92. The smallest absolute Gasteiger partial charge is 0.234 e. The van der Waals surface area contributed by atoms with Gasteiger partial charge in [0.2, 0.25) is 10.0 Å². The zero-order chi connectivity index (χ0) is 11.5. The molecule has 0 aliphatic heterocycles. The Morgan fingerprint density at radius 3 is 2.20 bits per heavy atom. The molecule has 0 aliphatic rings. The number of hydrogen-bond acceptors (Lipinski definition) is 2. The summed E-state index contributed by atoms with van der Waals surface area (Å²) in [4.78, 5) is 0. The van der Waals surface area contributed by atoms with Crippen molar-refractivity contribution in [1.82, 2.24) is 0 Å². The van der Waals surface area contributed by atoms with E-state index in [2.05, 4.69) is 0 Å². The van der Waals surface area contributed by atoms with Gasteiger partial charge >= 0.3 is 0 Å². The first kappa shape index (κ1) is 12.0. The Hall–Kier alpha value is -1.03. The van der Waals surface area contributed by atoms with Crippen LogP contribution in [0.3, 0.4) is 0 Å². The predicted octanol–water partition coefficient (Wildman–Crippen LogP) is 2.17. The van der Waals surface area contributed by atoms with Crippen LogP contribution in [0.4, 0.5) is 5.69 Å². The van der Waals surface area contributed by atoms with Gasteiger partial charge in [0.1, 0.15) is 0 Å². The Morgan fingerprint density at radius 1 is 1.20 bits per heavy atom. The van der Waals surface area contributed by atoms with Gasteiger partial charge < -0.3 is 0 Å². The third-order valence-electron chi connectivity index (χ3n) is 2.28. The SMILES string of the molecule is CCCS(=O)(=O)N(C)c1ccc(C)cc1. The molecular formula is C11H17NO2S. The van der Waals surface area contributed by atoms with Crippen LogP contribution in [-0.4, -0.2) is 21.2 Å². The van der Waals surface area contributed by atoms with Crippen LogP contribution in [0.2, 0.25) is 0 Å². The van der Waals surface area contributed by atoms with Crippen LogP contribution in [0.5, 0.6) is 0 Å². The van der Waals surface area contributed by atoms with E-state index in [1.807, 2.05) is 38.1 Å². The first-order chi connectivity index (χ1) is 6.97. The maximum absolute atomic E-state index is 11.7. The summed E-state index contributed by atoms with van der Waals surface area (Å²) in [6.45, 7) is 3.84. The Bertz CT molecular complexity index is 409. The minimum atomic E-state index is -3.14. The molecule has 0 amide bonds. The maximum Gasteiger partial charge on any atom is 0.234 e. The van der Waals surface area contributed by atoms with Crippen molar-refractivity contribution in [3.8, 4) is 0 Å². The predicted molar refractivity (Wildman–Crippen MR) is 63.7 cm³/mol. The minimum absolute atomic E-state index is 0.192. The molecule has 1 aromatic rings. The van der Waals surface area contributed by atoms with E-state index in [-0.39, 0.29) is 5.75 Å². The highest BCUT2D eigenvalue weighted by atomic mass is 32.2. The molecule has 1 aromatic carbocycles. The highest BCUT2D eigenvalue weighted by Crippen LogP contribution is 2.17. The second-order valence-corrected chi connectivity index (χ2v) is 5.74. The molecule has 0 saturated heterocycles. The molecule has 0 radical (unpaired) electrons. The Morgan fingerprint density at radius 2 is 1.73 bits per heavy atom. The number of benzene rings is 1. The van der Waals surface area contributed by atoms with Gasteiger partial charge in [-0.15, -0.1) is 0 Å². The molecule has 0 heterocycles. The summed E-state index contributed by atoms with van der Waals surface area (Å²) in [5, 5.41) is 0. The van der Waals surface area contributed by atoms with Gasteiger partial charge in [-0.2, -0.15) is 0 Å². The average molecular weight is 227 g/mol. The number of sulfonamides is 1. The number of rotatable bonds is 4. The van der Waals surface area contributed by atoms with Crippen LogP contribution in [-0.2, 0) is 10.0 Å². The summed E-state index contributed by atoms with van der Waals surface area (Å²) in [6.07, 6.45) is 0.637. The largest absolute Gasteiger partial charge is 0.273 e. The zero-order valence-corrected chi connectivity index (χ0v) is 10.2. The van der Waals surface area contributed by atoms with Gasteiger partial charge in [0.25, 0.3) is 0 Å². The second kappa shape index (κ2) is 4.66. The van der Waals surface area contributed by atoms with E-state index in [9.17, 15) is 8.42 Å². The molecule has 4 heteroatoms. The molecule has 0 unspecified atom stereocenters. The maximum atomic E-state index is 11.7. The van der Waals surface area contributed by atoms with Crippen molar-refractivity contribution in [3.63, 3.8) is 0 Å². The summed E-state index contributed by atoms with van der Waals surface area (Å²) in [7, 11) is -1.55. The number of aryl methyl sites for hydroxylation is 1. The quantitative estimate of drug-likeness (QED) is 0.790. The van der Waals surface area contributed by atoms with Gasteiger partial charge in [0.15, 0.2) is 0 Å². The standard InChI is InChI=1S/C11H17NO2S/c1-4-9-15(13,14)12(3)11-7-5-10(2)6-8-11/h5-8H,4,9H2,1-3H3. The van der Waals surface area contributed by atoms with Crippen LogP contribution in [0.25, 0.3) is 0 Å². The minimum Gasteiger partial charge on any atom is -0.273 e. The summed E-state index contributed by atoms with van der Waals surface area (Å²) < 4.78 is 24.8. The molecule has 1 rings (SSSR count). The van der Waals surface area contributed by atoms with Gasteiger partial charge in [-0.25, -0.2) is 8.42 Å². The van der Waals surface area contributed by atoms with Crippen molar-refractivity contribution >= 4 is 15.7 Å². The van der Waals surface area contributed by atoms with E-state index < -0.39 is 10.0 Å². The van der Waals surface area contributed by atoms with Crippen molar-refractivity contribution < 1.29 is 8.42 Å². The van der Waals surface area contributed by atoms with E-state index in [1.54, 1.807) is 7.05 Å². The lowest BCUT2D eigenvalue weighted by Crippen LogP contribution is -2.28. The van der Waals surface area contributed by atoms with Gasteiger partial charge in [0, 0.05) is 7.05 Å². The first-order valence-electron chi connectivity index (χ1n) is 5.00. The lowest BCUT2D eigenvalue weighted by Gasteiger charge is -2.19. The molecule has 0 aliphatic carbocycles. The lowest BCUT2D eigenvalue weighted by atomic mass is 10.2. The molecular weight excluding hydrogens is 210 g/mol. The monoisotopic (exact) mass is 227 g/mol. The summed E-state index contributed by atoms with van der Waals surface area (Å²) in [6, 6.07) is 7.46. The van der Waals surface area contributed by atoms with Crippen molar-refractivity contribution in [1.29, 1.82) is 0 Å². The topological polar surface area (TPSA) is 37.4 Å². The van der Waals surface area contributed by atoms with Gasteiger partial charge in [0.05, 0.1) is 11.4 Å². The van der Waals surface area contributed by atoms with Crippen LogP contribution < -0.4 is 4.31 Å². The van der Waals surface area contributed by atoms with E-state index in [1.165, 1.54) is 4.31 Å². The van der Waals surface area contributed by atoms with Crippen molar-refractivity contribution in [2.75, 3.05) is 17.1 Å². The molecule has 0 bridgehead atoms. The normalized spacial score (nSPS) is 11.4. The third kappa shape index (κ3) is 2.96. The van der Waals surface area contributed by atoms with Crippen molar-refractivity contribution in [2.24, 2.45) is 0 Å². The number of nitrogens with zero attached hydrogens (tertiary/aromatic N) is 1. The molecule has 0 aromatic heterocycles. The molecule has 0 fully saturated rings. The van der Waals surface area contributed by atoms with E-state index in [0.29, 0.717) is 12.1 Å². The zero-order valence-electron chi connectivity index (χ0n) is 9.40. The van der Waals surface area contributed by atoms with E-state index in [0.717, 1.165) is 5.56 Å². The van der Waals surface area contributed by atoms with Gasteiger partial charge in [-0.3, -0.25) is 4.31 Å². The summed E-state index contributed by atoms with van der Waals surface area (Å²) >= 11 is 0. The van der Waals surface area contributed by atoms with E-state index >= 15 is 0 Å². The molecule has 15 heavy (non-hydrogen) atoms. The Labute approximate surface area is 91.8 Å². The van der Waals surface area contributed by atoms with Crippen molar-refractivity contribution in [2.45, 2.75) is 20.3 Å². The Balaban J connectivity index is 2.94. The molecule has 0 spiro atoms. The van der Waals surface area contributed by atoms with Crippen LogP contribution in [0.1, 0.15) is 18.9 Å². The van der Waals surface area contributed by atoms with Crippen molar-refractivity contribution in [3.05, 3.63) is 29.8 Å². The fourth-order valence-corrected chi connectivity index (χ4v) is 2.54. The van der Waals surface area contributed by atoms with Crippen LogP contribution in [0.15, 0.2) is 24.3 Å². The van der Waals surface area contributed by atoms with Crippen LogP contribution >= 0.6 is 0 Å². The molecule has 3 nitrogen and oxygen atoms in total. The molecule has 84 valence electrons. The summed E-state index contributed by atoms with van der Waals surface area (Å²) in [5.41, 5.74) is 1.84. The number of hydrogen-bond donors (Lipinski definition) is 0. The third-order valence-corrected chi connectivity index (χ3v) is 4.25. The number of anilines is 1. The lowest BCUT2D eigenvalue weighted by molar-refractivity contribution is 0.593. The Kier molecular flexibility index (Phi) is 3.74. The highest BCUT2D eigenvalue weighted by Gasteiger charge is 2.16. The second-order valence-electron chi connectivity index (χ2n) is 3.62. The average Bonchev–Trinajstić information content (AvgIpc) is 2.18. The van der Waals surface area contributed by atoms with Gasteiger partial charge in [-0.05, 0) is 25.5 Å². The molecule has 0 saturated carbocycles. The van der Waals surface area contributed by atoms with Crippen LogP contribution in [0, 0.1) is 6.92 Å². The van der Waals surface area contributed by atoms with E-state index in [4.69, 9.17) is 0 Å². The fraction of sp³-hybridized carbons (Fsp3) is 0.455. The summed E-state index contributed by atoms with van der Waals surface area (Å²) in [5.74, 6) is 0.192. The van der Waals surface area contributed by atoms with Gasteiger partial charge in [-0.1, -0.05) is 24.6 Å². The fourth-order valence-electron chi connectivity index (χ4n) is 1.31. The molecule has 0 N–H and O–H groups in total.